The van der Waals surface area contributed by atoms with Crippen molar-refractivity contribution in [1.29, 1.82) is 0 Å². The summed E-state index contributed by atoms with van der Waals surface area (Å²) in [6.07, 6.45) is 0. The number of esters is 1. The first-order valence-corrected chi connectivity index (χ1v) is 5.62. The fraction of sp³-hybridized carbons (Fsp3) is 0.462. The summed E-state index contributed by atoms with van der Waals surface area (Å²) in [5.41, 5.74) is 6.84. The molecular formula is C13H19NO3. The fourth-order valence-electron chi connectivity index (χ4n) is 1.36. The second-order valence-corrected chi connectivity index (χ2v) is 4.23. The summed E-state index contributed by atoms with van der Waals surface area (Å²) < 4.78 is 10.3. The van der Waals surface area contributed by atoms with Crippen molar-refractivity contribution in [3.63, 3.8) is 0 Å². The number of carbonyl (C=O) groups is 1. The molecule has 2 N–H and O–H groups in total. The minimum absolute atomic E-state index is 0.383. The normalized spacial score (nSPS) is 10.4. The molecule has 0 aliphatic heterocycles. The van der Waals surface area contributed by atoms with Gasteiger partial charge in [0.05, 0.1) is 13.7 Å². The van der Waals surface area contributed by atoms with E-state index in [9.17, 15) is 4.79 Å². The van der Waals surface area contributed by atoms with Crippen molar-refractivity contribution in [1.82, 2.24) is 0 Å². The van der Waals surface area contributed by atoms with E-state index < -0.39 is 5.97 Å². The van der Waals surface area contributed by atoms with Gasteiger partial charge in [0, 0.05) is 6.54 Å². The highest BCUT2D eigenvalue weighted by atomic mass is 16.5. The molecule has 0 unspecified atom stereocenters. The van der Waals surface area contributed by atoms with Crippen LogP contribution < -0.4 is 10.5 Å². The molecule has 0 amide bonds. The maximum absolute atomic E-state index is 11.6. The molecule has 1 rings (SSSR count). The van der Waals surface area contributed by atoms with Crippen molar-refractivity contribution in [2.24, 2.45) is 11.7 Å². The average molecular weight is 237 g/mol. The molecule has 0 atom stereocenters. The SMILES string of the molecule is COC(=O)c1cc(CN)ccc1OCC(C)C. The number of ether oxygens (including phenoxy) is 2. The lowest BCUT2D eigenvalue weighted by atomic mass is 10.1. The Morgan fingerprint density at radius 2 is 2.12 bits per heavy atom. The quantitative estimate of drug-likeness (QED) is 0.795. The van der Waals surface area contributed by atoms with Crippen LogP contribution in [0.25, 0.3) is 0 Å². The first-order chi connectivity index (χ1) is 8.08. The highest BCUT2D eigenvalue weighted by Crippen LogP contribution is 2.21. The van der Waals surface area contributed by atoms with Crippen molar-refractivity contribution in [2.75, 3.05) is 13.7 Å². The molecule has 1 aromatic rings. The predicted molar refractivity (Wildman–Crippen MR) is 66.0 cm³/mol. The highest BCUT2D eigenvalue weighted by molar-refractivity contribution is 5.92. The van der Waals surface area contributed by atoms with Crippen LogP contribution in [0.1, 0.15) is 29.8 Å². The van der Waals surface area contributed by atoms with Crippen molar-refractivity contribution in [2.45, 2.75) is 20.4 Å². The van der Waals surface area contributed by atoms with Gasteiger partial charge < -0.3 is 15.2 Å². The monoisotopic (exact) mass is 237 g/mol. The second-order valence-electron chi connectivity index (χ2n) is 4.23. The third-order valence-corrected chi connectivity index (χ3v) is 2.26. The van der Waals surface area contributed by atoms with Gasteiger partial charge in [0.1, 0.15) is 11.3 Å². The molecule has 94 valence electrons. The minimum atomic E-state index is -0.404. The zero-order valence-electron chi connectivity index (χ0n) is 10.5. The minimum Gasteiger partial charge on any atom is -0.492 e. The zero-order valence-corrected chi connectivity index (χ0v) is 10.5. The van der Waals surface area contributed by atoms with Crippen LogP contribution in [0.15, 0.2) is 18.2 Å². The molecule has 0 saturated carbocycles. The molecule has 0 radical (unpaired) electrons. The van der Waals surface area contributed by atoms with Crippen LogP contribution in [0, 0.1) is 5.92 Å². The van der Waals surface area contributed by atoms with E-state index in [2.05, 4.69) is 0 Å². The molecule has 0 spiro atoms. The summed E-state index contributed by atoms with van der Waals surface area (Å²) in [6.45, 7) is 5.04. The molecular weight excluding hydrogens is 218 g/mol. The lowest BCUT2D eigenvalue weighted by Gasteiger charge is -2.13. The summed E-state index contributed by atoms with van der Waals surface area (Å²) in [5, 5.41) is 0. The maximum atomic E-state index is 11.6. The molecule has 0 aliphatic carbocycles. The van der Waals surface area contributed by atoms with Crippen molar-refractivity contribution >= 4 is 5.97 Å². The molecule has 0 heterocycles. The molecule has 0 saturated heterocycles. The molecule has 4 nitrogen and oxygen atoms in total. The zero-order chi connectivity index (χ0) is 12.8. The van der Waals surface area contributed by atoms with E-state index in [1.807, 2.05) is 19.9 Å². The first-order valence-electron chi connectivity index (χ1n) is 5.62. The Kier molecular flexibility index (Phi) is 4.97. The van der Waals surface area contributed by atoms with Crippen LogP contribution in [0.4, 0.5) is 0 Å². The molecule has 0 bridgehead atoms. The van der Waals surface area contributed by atoms with Gasteiger partial charge in [-0.3, -0.25) is 0 Å². The van der Waals surface area contributed by atoms with Gasteiger partial charge in [0.2, 0.25) is 0 Å². The second kappa shape index (κ2) is 6.25. The number of hydrogen-bond donors (Lipinski definition) is 1. The largest absolute Gasteiger partial charge is 0.492 e. The Labute approximate surface area is 102 Å². The predicted octanol–water partition coefficient (Wildman–Crippen LogP) is 1.97. The summed E-state index contributed by atoms with van der Waals surface area (Å²) in [6, 6.07) is 5.32. The van der Waals surface area contributed by atoms with E-state index in [0.29, 0.717) is 30.4 Å². The smallest absolute Gasteiger partial charge is 0.341 e. The molecule has 4 heteroatoms. The van der Waals surface area contributed by atoms with Gasteiger partial charge in [-0.2, -0.15) is 0 Å². The Morgan fingerprint density at radius 1 is 1.41 bits per heavy atom. The van der Waals surface area contributed by atoms with Crippen LogP contribution in [-0.2, 0) is 11.3 Å². The van der Waals surface area contributed by atoms with Crippen molar-refractivity contribution in [3.8, 4) is 5.75 Å². The van der Waals surface area contributed by atoms with Gasteiger partial charge in [-0.1, -0.05) is 19.9 Å². The standard InChI is InChI=1S/C13H19NO3/c1-9(2)8-17-12-5-4-10(7-14)6-11(12)13(15)16-3/h4-6,9H,7-8,14H2,1-3H3. The van der Waals surface area contributed by atoms with Crippen molar-refractivity contribution < 1.29 is 14.3 Å². The molecule has 1 aromatic carbocycles. The fourth-order valence-corrected chi connectivity index (χ4v) is 1.36. The van der Waals surface area contributed by atoms with Gasteiger partial charge in [-0.15, -0.1) is 0 Å². The van der Waals surface area contributed by atoms with Gasteiger partial charge >= 0.3 is 5.97 Å². The molecule has 0 aliphatic rings. The summed E-state index contributed by atoms with van der Waals surface area (Å²) in [4.78, 5) is 11.6. The van der Waals surface area contributed by atoms with Crippen LogP contribution in [0.5, 0.6) is 5.75 Å². The third kappa shape index (κ3) is 3.75. The van der Waals surface area contributed by atoms with Crippen molar-refractivity contribution in [3.05, 3.63) is 29.3 Å². The Balaban J connectivity index is 2.98. The number of hydrogen-bond acceptors (Lipinski definition) is 4. The Hall–Kier alpha value is -1.55. The Morgan fingerprint density at radius 3 is 2.65 bits per heavy atom. The van der Waals surface area contributed by atoms with E-state index in [-0.39, 0.29) is 0 Å². The van der Waals surface area contributed by atoms with E-state index in [0.717, 1.165) is 5.56 Å². The molecule has 17 heavy (non-hydrogen) atoms. The highest BCUT2D eigenvalue weighted by Gasteiger charge is 2.14. The van der Waals surface area contributed by atoms with Crippen LogP contribution in [-0.4, -0.2) is 19.7 Å². The summed E-state index contributed by atoms with van der Waals surface area (Å²) in [5.74, 6) is 0.538. The lowest BCUT2D eigenvalue weighted by Crippen LogP contribution is -2.11. The van der Waals surface area contributed by atoms with E-state index in [1.54, 1.807) is 12.1 Å². The number of methoxy groups -OCH3 is 1. The van der Waals surface area contributed by atoms with E-state index in [4.69, 9.17) is 15.2 Å². The van der Waals surface area contributed by atoms with Crippen LogP contribution >= 0.6 is 0 Å². The first kappa shape index (κ1) is 13.5. The average Bonchev–Trinajstić information content (AvgIpc) is 2.35. The third-order valence-electron chi connectivity index (χ3n) is 2.26. The van der Waals surface area contributed by atoms with Gasteiger partial charge in [-0.05, 0) is 23.6 Å². The van der Waals surface area contributed by atoms with Gasteiger partial charge in [-0.25, -0.2) is 4.79 Å². The van der Waals surface area contributed by atoms with Gasteiger partial charge in [0.15, 0.2) is 0 Å². The van der Waals surface area contributed by atoms with Crippen LogP contribution in [0.3, 0.4) is 0 Å². The maximum Gasteiger partial charge on any atom is 0.341 e. The molecule has 0 aromatic heterocycles. The lowest BCUT2D eigenvalue weighted by molar-refractivity contribution is 0.0595. The number of nitrogens with two attached hydrogens (primary N) is 1. The number of carbonyl (C=O) groups excluding carboxylic acids is 1. The van der Waals surface area contributed by atoms with Crippen LogP contribution in [0.2, 0.25) is 0 Å². The summed E-state index contributed by atoms with van der Waals surface area (Å²) >= 11 is 0. The Bertz CT molecular complexity index is 388. The van der Waals surface area contributed by atoms with E-state index in [1.165, 1.54) is 7.11 Å². The topological polar surface area (TPSA) is 61.5 Å². The molecule has 0 fully saturated rings. The number of benzene rings is 1. The number of rotatable bonds is 5. The van der Waals surface area contributed by atoms with Gasteiger partial charge in [0.25, 0.3) is 0 Å². The summed E-state index contributed by atoms with van der Waals surface area (Å²) in [7, 11) is 1.35. The van der Waals surface area contributed by atoms with E-state index >= 15 is 0 Å².